The Labute approximate surface area is 157 Å². The van der Waals surface area contributed by atoms with Crippen LogP contribution in [0.15, 0.2) is 48.8 Å². The van der Waals surface area contributed by atoms with Gasteiger partial charge in [-0.3, -0.25) is 4.79 Å². The smallest absolute Gasteiger partial charge is 0.153 e. The van der Waals surface area contributed by atoms with Crippen LogP contribution in [0.25, 0.3) is 5.69 Å². The molecule has 1 aromatic heterocycles. The van der Waals surface area contributed by atoms with Gasteiger partial charge in [-0.15, -0.1) is 0 Å². The molecule has 0 unspecified atom stereocenters. The fourth-order valence-electron chi connectivity index (χ4n) is 2.94. The van der Waals surface area contributed by atoms with Crippen LogP contribution in [-0.2, 0) is 6.42 Å². The normalized spacial score (nSPS) is 10.8. The predicted octanol–water partition coefficient (Wildman–Crippen LogP) is 3.32. The number of carbonyl (C=O) groups excluding carboxylic acids is 1. The second kappa shape index (κ2) is 8.60. The average Bonchev–Trinajstić information content (AvgIpc) is 3.22. The number of halogens is 1. The van der Waals surface area contributed by atoms with Crippen molar-refractivity contribution in [1.29, 1.82) is 0 Å². The molecule has 0 aliphatic rings. The fourth-order valence-corrected chi connectivity index (χ4v) is 2.94. The van der Waals surface area contributed by atoms with Gasteiger partial charge in [-0.1, -0.05) is 12.1 Å². The Morgan fingerprint density at radius 3 is 2.70 bits per heavy atom. The zero-order chi connectivity index (χ0) is 19.2. The minimum Gasteiger partial charge on any atom is -0.491 e. The molecule has 27 heavy (non-hydrogen) atoms. The summed E-state index contributed by atoms with van der Waals surface area (Å²) in [4.78, 5) is 11.5. The number of nitrogens with one attached hydrogen (secondary N) is 1. The number of rotatable bonds is 8. The Bertz CT molecular complexity index is 906. The lowest BCUT2D eigenvalue weighted by Gasteiger charge is -2.15. The van der Waals surface area contributed by atoms with Crippen molar-refractivity contribution >= 4 is 6.29 Å². The molecule has 0 bridgehead atoms. The molecular formula is C21H22FN3O2. The van der Waals surface area contributed by atoms with Crippen LogP contribution in [0.1, 0.15) is 27.0 Å². The van der Waals surface area contributed by atoms with Gasteiger partial charge in [0.25, 0.3) is 0 Å². The third kappa shape index (κ3) is 4.23. The van der Waals surface area contributed by atoms with E-state index >= 15 is 0 Å². The van der Waals surface area contributed by atoms with E-state index < -0.39 is 0 Å². The van der Waals surface area contributed by atoms with Crippen molar-refractivity contribution in [1.82, 2.24) is 15.1 Å². The maximum atomic E-state index is 14.9. The van der Waals surface area contributed by atoms with Crippen LogP contribution < -0.4 is 10.1 Å². The standard InChI is InChI=1S/C21H22FN3O2/c1-15-20(22)17(13-18(14-26)21(15)27-11-9-23-2)12-16-4-6-19(7-5-16)25-10-3-8-24-25/h3-8,10,13-14,23H,9,11-12H2,1-2H3. The van der Waals surface area contributed by atoms with Gasteiger partial charge in [-0.2, -0.15) is 5.10 Å². The summed E-state index contributed by atoms with van der Waals surface area (Å²) in [6.45, 7) is 2.62. The van der Waals surface area contributed by atoms with E-state index in [-0.39, 0.29) is 5.82 Å². The Balaban J connectivity index is 1.84. The first-order chi connectivity index (χ1) is 13.1. The SMILES string of the molecule is CNCCOc1c(C=O)cc(Cc2ccc(-n3cccn3)cc2)c(F)c1C. The number of ether oxygens (including phenoxy) is 1. The first-order valence-electron chi connectivity index (χ1n) is 8.77. The molecule has 0 atom stereocenters. The summed E-state index contributed by atoms with van der Waals surface area (Å²) in [6, 6.07) is 11.2. The van der Waals surface area contributed by atoms with Crippen molar-refractivity contribution < 1.29 is 13.9 Å². The van der Waals surface area contributed by atoms with E-state index in [0.29, 0.717) is 48.3 Å². The first kappa shape index (κ1) is 18.8. The maximum absolute atomic E-state index is 14.9. The van der Waals surface area contributed by atoms with Gasteiger partial charge in [0.05, 0.1) is 11.3 Å². The van der Waals surface area contributed by atoms with Crippen LogP contribution in [0.3, 0.4) is 0 Å². The van der Waals surface area contributed by atoms with E-state index in [0.717, 1.165) is 11.3 Å². The van der Waals surface area contributed by atoms with Crippen LogP contribution in [-0.4, -0.2) is 36.3 Å². The van der Waals surface area contributed by atoms with E-state index in [1.807, 2.05) is 36.5 Å². The summed E-state index contributed by atoms with van der Waals surface area (Å²) < 4.78 is 22.2. The summed E-state index contributed by atoms with van der Waals surface area (Å²) in [5.41, 5.74) is 3.08. The third-order valence-corrected chi connectivity index (χ3v) is 4.37. The van der Waals surface area contributed by atoms with Crippen molar-refractivity contribution in [3.05, 3.63) is 76.9 Å². The molecule has 2 aromatic carbocycles. The van der Waals surface area contributed by atoms with Gasteiger partial charge in [-0.05, 0) is 49.4 Å². The molecule has 0 saturated carbocycles. The lowest BCUT2D eigenvalue weighted by atomic mass is 9.98. The predicted molar refractivity (Wildman–Crippen MR) is 102 cm³/mol. The number of aromatic nitrogens is 2. The zero-order valence-electron chi connectivity index (χ0n) is 15.4. The maximum Gasteiger partial charge on any atom is 0.153 e. The molecule has 6 heteroatoms. The molecule has 0 spiro atoms. The van der Waals surface area contributed by atoms with E-state index in [2.05, 4.69) is 10.4 Å². The average molecular weight is 367 g/mol. The lowest BCUT2D eigenvalue weighted by molar-refractivity contribution is 0.111. The third-order valence-electron chi connectivity index (χ3n) is 4.37. The van der Waals surface area contributed by atoms with Gasteiger partial charge < -0.3 is 10.1 Å². The van der Waals surface area contributed by atoms with Crippen LogP contribution >= 0.6 is 0 Å². The number of aldehydes is 1. The summed E-state index contributed by atoms with van der Waals surface area (Å²) in [5, 5.41) is 7.14. The molecule has 0 amide bonds. The molecule has 0 aliphatic heterocycles. The molecule has 3 aromatic rings. The zero-order valence-corrected chi connectivity index (χ0v) is 15.4. The molecule has 5 nitrogen and oxygen atoms in total. The van der Waals surface area contributed by atoms with Gasteiger partial charge in [-0.25, -0.2) is 9.07 Å². The van der Waals surface area contributed by atoms with Gasteiger partial charge in [0, 0.05) is 30.9 Å². The molecule has 3 rings (SSSR count). The molecule has 140 valence electrons. The van der Waals surface area contributed by atoms with E-state index in [1.165, 1.54) is 0 Å². The number of benzene rings is 2. The van der Waals surface area contributed by atoms with Crippen LogP contribution in [0, 0.1) is 12.7 Å². The number of nitrogens with zero attached hydrogens (tertiary/aromatic N) is 2. The molecular weight excluding hydrogens is 345 g/mol. The highest BCUT2D eigenvalue weighted by molar-refractivity contribution is 5.81. The number of hydrogen-bond acceptors (Lipinski definition) is 4. The minimum absolute atomic E-state index is 0.315. The Hall–Kier alpha value is -2.99. The largest absolute Gasteiger partial charge is 0.491 e. The van der Waals surface area contributed by atoms with Crippen LogP contribution in [0.5, 0.6) is 5.75 Å². The van der Waals surface area contributed by atoms with Gasteiger partial charge in [0.1, 0.15) is 18.2 Å². The van der Waals surface area contributed by atoms with Crippen molar-refractivity contribution in [2.24, 2.45) is 0 Å². The highest BCUT2D eigenvalue weighted by Crippen LogP contribution is 2.29. The topological polar surface area (TPSA) is 56.1 Å². The van der Waals surface area contributed by atoms with Crippen molar-refractivity contribution in [3.8, 4) is 11.4 Å². The Kier molecular flexibility index (Phi) is 5.98. The number of likely N-dealkylation sites (N-methyl/N-ethyl adjacent to an activating group) is 1. The van der Waals surface area contributed by atoms with Crippen LogP contribution in [0.4, 0.5) is 4.39 Å². The molecule has 1 N–H and O–H groups in total. The summed E-state index contributed by atoms with van der Waals surface area (Å²) in [6.07, 6.45) is 4.68. The van der Waals surface area contributed by atoms with Gasteiger partial charge >= 0.3 is 0 Å². The molecule has 1 heterocycles. The highest BCUT2D eigenvalue weighted by Gasteiger charge is 2.16. The monoisotopic (exact) mass is 367 g/mol. The van der Waals surface area contributed by atoms with Gasteiger partial charge in [0.15, 0.2) is 6.29 Å². The number of hydrogen-bond donors (Lipinski definition) is 1. The quantitative estimate of drug-likeness (QED) is 0.490. The van der Waals surface area contributed by atoms with Crippen molar-refractivity contribution in [2.45, 2.75) is 13.3 Å². The van der Waals surface area contributed by atoms with E-state index in [9.17, 15) is 9.18 Å². The van der Waals surface area contributed by atoms with Gasteiger partial charge in [0.2, 0.25) is 0 Å². The Morgan fingerprint density at radius 1 is 1.30 bits per heavy atom. The lowest BCUT2D eigenvalue weighted by Crippen LogP contribution is -2.17. The molecule has 0 fully saturated rings. The minimum atomic E-state index is -0.337. The second-order valence-electron chi connectivity index (χ2n) is 6.26. The Morgan fingerprint density at radius 2 is 2.07 bits per heavy atom. The number of carbonyl (C=O) groups is 1. The first-order valence-corrected chi connectivity index (χ1v) is 8.77. The summed E-state index contributed by atoms with van der Waals surface area (Å²) >= 11 is 0. The fraction of sp³-hybridized carbons (Fsp3) is 0.238. The van der Waals surface area contributed by atoms with E-state index in [4.69, 9.17) is 4.74 Å². The van der Waals surface area contributed by atoms with Crippen molar-refractivity contribution in [2.75, 3.05) is 20.2 Å². The molecule has 0 saturated heterocycles. The molecule has 0 radical (unpaired) electrons. The van der Waals surface area contributed by atoms with Crippen LogP contribution in [0.2, 0.25) is 0 Å². The summed E-state index contributed by atoms with van der Waals surface area (Å²) in [7, 11) is 1.80. The summed E-state index contributed by atoms with van der Waals surface area (Å²) in [5.74, 6) is -0.0215. The molecule has 0 aliphatic carbocycles. The van der Waals surface area contributed by atoms with E-state index in [1.54, 1.807) is 30.9 Å². The second-order valence-corrected chi connectivity index (χ2v) is 6.26. The highest BCUT2D eigenvalue weighted by atomic mass is 19.1. The van der Waals surface area contributed by atoms with Crippen molar-refractivity contribution in [3.63, 3.8) is 0 Å².